The fraction of sp³-hybridized carbons (Fsp3) is 0.700. The number of carbonyl (C=O) groups is 1. The molecule has 0 aliphatic rings. The van der Waals surface area contributed by atoms with E-state index in [2.05, 4.69) is 6.58 Å². The molecule has 0 saturated heterocycles. The Morgan fingerprint density at radius 1 is 1.43 bits per heavy atom. The lowest BCUT2D eigenvalue weighted by Gasteiger charge is -2.29. The maximum absolute atomic E-state index is 11.3. The first kappa shape index (κ1) is 13.1. The molecule has 0 radical (unpaired) electrons. The molecule has 0 aromatic heterocycles. The van der Waals surface area contributed by atoms with Crippen LogP contribution in [0.3, 0.4) is 0 Å². The summed E-state index contributed by atoms with van der Waals surface area (Å²) in [5.74, 6) is -1.78. The number of ether oxygens (including phenoxy) is 3. The van der Waals surface area contributed by atoms with E-state index in [-0.39, 0.29) is 0 Å². The highest BCUT2D eigenvalue weighted by molar-refractivity contribution is 5.87. The van der Waals surface area contributed by atoms with Crippen LogP contribution in [0.1, 0.15) is 27.2 Å². The maximum atomic E-state index is 11.3. The van der Waals surface area contributed by atoms with Crippen molar-refractivity contribution >= 4 is 5.97 Å². The van der Waals surface area contributed by atoms with Gasteiger partial charge in [-0.2, -0.15) is 0 Å². The number of hydrogen-bond acceptors (Lipinski definition) is 4. The fourth-order valence-electron chi connectivity index (χ4n) is 0.897. The lowest BCUT2D eigenvalue weighted by atomic mass is 10.3. The normalized spacial score (nSPS) is 14.6. The van der Waals surface area contributed by atoms with Gasteiger partial charge in [0.15, 0.2) is 0 Å². The van der Waals surface area contributed by atoms with Crippen LogP contribution in [-0.2, 0) is 19.0 Å². The van der Waals surface area contributed by atoms with Gasteiger partial charge in [-0.3, -0.25) is 0 Å². The Morgan fingerprint density at radius 3 is 2.29 bits per heavy atom. The van der Waals surface area contributed by atoms with Gasteiger partial charge >= 0.3 is 11.9 Å². The smallest absolute Gasteiger partial charge is 0.337 e. The molecule has 0 bridgehead atoms. The van der Waals surface area contributed by atoms with E-state index in [1.54, 1.807) is 13.8 Å². The lowest BCUT2D eigenvalue weighted by molar-refractivity contribution is -0.351. The number of rotatable bonds is 6. The minimum Gasteiger partial charge on any atom is -0.404 e. The van der Waals surface area contributed by atoms with Crippen LogP contribution >= 0.6 is 0 Å². The number of carbonyl (C=O) groups excluding carboxylic acids is 1. The molecular formula is C10H18O4. The lowest BCUT2D eigenvalue weighted by Crippen LogP contribution is -2.39. The average Bonchev–Trinajstić information content (AvgIpc) is 2.16. The largest absolute Gasteiger partial charge is 0.404 e. The molecule has 4 nitrogen and oxygen atoms in total. The Labute approximate surface area is 84.8 Å². The summed E-state index contributed by atoms with van der Waals surface area (Å²) in [4.78, 5) is 11.3. The summed E-state index contributed by atoms with van der Waals surface area (Å²) in [6.07, 6.45) is 0.427. The van der Waals surface area contributed by atoms with Crippen molar-refractivity contribution in [1.29, 1.82) is 0 Å². The Balaban J connectivity index is 4.49. The highest BCUT2D eigenvalue weighted by Crippen LogP contribution is 2.20. The molecule has 0 heterocycles. The van der Waals surface area contributed by atoms with E-state index in [0.29, 0.717) is 18.6 Å². The van der Waals surface area contributed by atoms with E-state index < -0.39 is 11.9 Å². The number of hydrogen-bond donors (Lipinski definition) is 0. The van der Waals surface area contributed by atoms with E-state index in [0.717, 1.165) is 0 Å². The number of methoxy groups -OCH3 is 1. The van der Waals surface area contributed by atoms with Crippen LogP contribution in [-0.4, -0.2) is 25.7 Å². The van der Waals surface area contributed by atoms with Crippen molar-refractivity contribution in [3.63, 3.8) is 0 Å². The molecule has 14 heavy (non-hydrogen) atoms. The highest BCUT2D eigenvalue weighted by Gasteiger charge is 2.33. The van der Waals surface area contributed by atoms with Gasteiger partial charge < -0.3 is 14.2 Å². The maximum Gasteiger partial charge on any atom is 0.337 e. The summed E-state index contributed by atoms with van der Waals surface area (Å²) in [6, 6.07) is 0. The van der Waals surface area contributed by atoms with Gasteiger partial charge in [-0.25, -0.2) is 4.79 Å². The first-order chi connectivity index (χ1) is 6.51. The third-order valence-electron chi connectivity index (χ3n) is 1.70. The van der Waals surface area contributed by atoms with Crippen molar-refractivity contribution in [3.05, 3.63) is 12.2 Å². The second kappa shape index (κ2) is 5.78. The molecule has 0 rings (SSSR count). The molecule has 0 aromatic rings. The monoisotopic (exact) mass is 202 g/mol. The Hall–Kier alpha value is -0.870. The van der Waals surface area contributed by atoms with E-state index in [4.69, 9.17) is 14.2 Å². The summed E-state index contributed by atoms with van der Waals surface area (Å²) < 4.78 is 15.3. The zero-order chi connectivity index (χ0) is 11.2. The minimum atomic E-state index is -1.27. The summed E-state index contributed by atoms with van der Waals surface area (Å²) in [7, 11) is 1.44. The van der Waals surface area contributed by atoms with E-state index in [9.17, 15) is 4.79 Å². The summed E-state index contributed by atoms with van der Waals surface area (Å²) in [6.45, 7) is 9.08. The molecule has 0 saturated carbocycles. The molecule has 1 unspecified atom stereocenters. The van der Waals surface area contributed by atoms with Gasteiger partial charge in [-0.15, -0.1) is 0 Å². The first-order valence-electron chi connectivity index (χ1n) is 4.59. The zero-order valence-electron chi connectivity index (χ0n) is 9.25. The molecule has 0 aliphatic carbocycles. The molecule has 0 amide bonds. The van der Waals surface area contributed by atoms with Gasteiger partial charge in [0.25, 0.3) is 0 Å². The Kier molecular flexibility index (Phi) is 5.42. The second-order valence-corrected chi connectivity index (χ2v) is 2.84. The van der Waals surface area contributed by atoms with Crippen LogP contribution in [0.2, 0.25) is 0 Å². The van der Waals surface area contributed by atoms with Crippen LogP contribution in [0, 0.1) is 0 Å². The van der Waals surface area contributed by atoms with Gasteiger partial charge in [0, 0.05) is 19.1 Å². The predicted octanol–water partition coefficient (Wildman–Crippen LogP) is 1.85. The average molecular weight is 202 g/mol. The number of esters is 1. The molecule has 0 fully saturated rings. The standard InChI is InChI=1S/C10H18O4/c1-6-10(12-5,13-7-2)14-9(11)8(3)4/h3,6-7H2,1-2,4-5H3. The molecule has 0 spiro atoms. The summed E-state index contributed by atoms with van der Waals surface area (Å²) >= 11 is 0. The van der Waals surface area contributed by atoms with Gasteiger partial charge in [0.05, 0.1) is 6.61 Å². The predicted molar refractivity (Wildman–Crippen MR) is 52.6 cm³/mol. The Bertz CT molecular complexity index is 206. The fourth-order valence-corrected chi connectivity index (χ4v) is 0.897. The molecule has 4 heteroatoms. The van der Waals surface area contributed by atoms with Gasteiger partial charge in [-0.1, -0.05) is 13.5 Å². The van der Waals surface area contributed by atoms with Crippen molar-refractivity contribution in [2.45, 2.75) is 33.2 Å². The van der Waals surface area contributed by atoms with Crippen LogP contribution in [0.4, 0.5) is 0 Å². The third-order valence-corrected chi connectivity index (χ3v) is 1.70. The van der Waals surface area contributed by atoms with Crippen molar-refractivity contribution < 1.29 is 19.0 Å². The molecule has 0 N–H and O–H groups in total. The molecule has 0 aromatic carbocycles. The van der Waals surface area contributed by atoms with Crippen molar-refractivity contribution in [3.8, 4) is 0 Å². The van der Waals surface area contributed by atoms with Crippen LogP contribution in [0.25, 0.3) is 0 Å². The van der Waals surface area contributed by atoms with Gasteiger partial charge in [0.1, 0.15) is 0 Å². The van der Waals surface area contributed by atoms with Gasteiger partial charge in [0.2, 0.25) is 0 Å². The van der Waals surface area contributed by atoms with E-state index in [1.807, 2.05) is 6.92 Å². The highest BCUT2D eigenvalue weighted by atomic mass is 16.9. The van der Waals surface area contributed by atoms with E-state index >= 15 is 0 Å². The van der Waals surface area contributed by atoms with Crippen molar-refractivity contribution in [2.24, 2.45) is 0 Å². The second-order valence-electron chi connectivity index (χ2n) is 2.84. The van der Waals surface area contributed by atoms with Crippen LogP contribution < -0.4 is 0 Å². The topological polar surface area (TPSA) is 44.8 Å². The van der Waals surface area contributed by atoms with Gasteiger partial charge in [-0.05, 0) is 13.8 Å². The summed E-state index contributed by atoms with van der Waals surface area (Å²) in [5.41, 5.74) is 0.319. The SMILES string of the molecule is C=C(C)C(=O)OC(CC)(OC)OCC. The zero-order valence-corrected chi connectivity index (χ0v) is 9.25. The quantitative estimate of drug-likeness (QED) is 0.374. The third kappa shape index (κ3) is 3.47. The van der Waals surface area contributed by atoms with E-state index in [1.165, 1.54) is 7.11 Å². The summed E-state index contributed by atoms with van der Waals surface area (Å²) in [5, 5.41) is 0. The molecule has 82 valence electrons. The van der Waals surface area contributed by atoms with Crippen molar-refractivity contribution in [2.75, 3.05) is 13.7 Å². The molecular weight excluding hydrogens is 184 g/mol. The first-order valence-corrected chi connectivity index (χ1v) is 4.59. The van der Waals surface area contributed by atoms with Crippen LogP contribution in [0.5, 0.6) is 0 Å². The van der Waals surface area contributed by atoms with Crippen molar-refractivity contribution in [1.82, 2.24) is 0 Å². The Morgan fingerprint density at radius 2 is 2.00 bits per heavy atom. The minimum absolute atomic E-state index is 0.319. The molecule has 0 aliphatic heterocycles. The molecule has 1 atom stereocenters. The van der Waals surface area contributed by atoms with Crippen LogP contribution in [0.15, 0.2) is 12.2 Å².